The average molecular weight is 540 g/mol. The predicted molar refractivity (Wildman–Crippen MR) is 117 cm³/mol. The summed E-state index contributed by atoms with van der Waals surface area (Å²) in [5.41, 5.74) is 0.176. The van der Waals surface area contributed by atoms with Crippen LogP contribution in [0.3, 0.4) is 0 Å². The van der Waals surface area contributed by atoms with Crippen LogP contribution in [0.25, 0.3) is 6.08 Å². The molecule has 0 atom stereocenters. The molecule has 36 heavy (non-hydrogen) atoms. The minimum Gasteiger partial charge on any atom is -0.496 e. The Hall–Kier alpha value is -3.55. The minimum absolute atomic E-state index is 0.0905. The first-order valence-electron chi connectivity index (χ1n) is 9.73. The van der Waals surface area contributed by atoms with Crippen LogP contribution in [0.5, 0.6) is 28.7 Å². The van der Waals surface area contributed by atoms with Crippen molar-refractivity contribution in [1.29, 1.82) is 0 Å². The number of carbonyl (C=O) groups is 1. The number of ether oxygens (including phenoxy) is 5. The quantitative estimate of drug-likeness (QED) is 0.249. The molecule has 14 heteroatoms. The van der Waals surface area contributed by atoms with Gasteiger partial charge in [0, 0.05) is 17.5 Å². The fourth-order valence-corrected chi connectivity index (χ4v) is 3.90. The molecule has 0 aliphatic rings. The number of hydrogen-bond donors (Lipinski definition) is 0. The van der Waals surface area contributed by atoms with Crippen molar-refractivity contribution in [2.24, 2.45) is 0 Å². The summed E-state index contributed by atoms with van der Waals surface area (Å²) in [5.74, 6) is -9.74. The van der Waals surface area contributed by atoms with E-state index in [-0.39, 0.29) is 28.4 Å². The minimum atomic E-state index is -6.19. The summed E-state index contributed by atoms with van der Waals surface area (Å²) in [6.07, 6.45) is -4.99. The number of carbonyl (C=O) groups excluding carboxylic acids is 1. The molecular weight excluding hydrogens is 519 g/mol. The van der Waals surface area contributed by atoms with Crippen molar-refractivity contribution in [2.45, 2.75) is 17.9 Å². The molecular formula is C22H21F5O8S. The van der Waals surface area contributed by atoms with Gasteiger partial charge in [0.2, 0.25) is 0 Å². The van der Waals surface area contributed by atoms with Gasteiger partial charge in [-0.05, 0) is 23.8 Å². The van der Waals surface area contributed by atoms with Gasteiger partial charge in [-0.2, -0.15) is 22.0 Å². The van der Waals surface area contributed by atoms with Gasteiger partial charge in [0.25, 0.3) is 0 Å². The highest BCUT2D eigenvalue weighted by molar-refractivity contribution is 7.93. The van der Waals surface area contributed by atoms with Crippen molar-refractivity contribution in [3.63, 3.8) is 0 Å². The lowest BCUT2D eigenvalue weighted by Gasteiger charge is -2.18. The Morgan fingerprint density at radius 2 is 1.39 bits per heavy atom. The first-order valence-corrected chi connectivity index (χ1v) is 11.4. The Labute approximate surface area is 203 Å². The van der Waals surface area contributed by atoms with E-state index in [2.05, 4.69) is 4.74 Å². The van der Waals surface area contributed by atoms with Gasteiger partial charge in [-0.25, -0.2) is 13.2 Å². The Balaban J connectivity index is 2.35. The fourth-order valence-electron chi connectivity index (χ4n) is 2.82. The second-order valence-electron chi connectivity index (χ2n) is 7.00. The highest BCUT2D eigenvalue weighted by atomic mass is 32.2. The maximum atomic E-state index is 13.3. The monoisotopic (exact) mass is 540 g/mol. The summed E-state index contributed by atoms with van der Waals surface area (Å²) >= 11 is 0. The smallest absolute Gasteiger partial charge is 0.465 e. The Kier molecular flexibility index (Phi) is 8.78. The SMILES string of the molecule is COc1cc(OC)c(C=CS(=O)(=O)Cc2ccc(OC)c(OC(=O)C(F)(F)C(F)(F)F)c2)c(OC)c1. The summed E-state index contributed by atoms with van der Waals surface area (Å²) in [7, 11) is 1.11. The zero-order valence-corrected chi connectivity index (χ0v) is 20.1. The van der Waals surface area contributed by atoms with Gasteiger partial charge >= 0.3 is 18.1 Å². The molecule has 0 N–H and O–H groups in total. The van der Waals surface area contributed by atoms with Gasteiger partial charge in [-0.15, -0.1) is 0 Å². The third kappa shape index (κ3) is 6.56. The van der Waals surface area contributed by atoms with E-state index in [9.17, 15) is 35.2 Å². The molecule has 8 nitrogen and oxygen atoms in total. The molecule has 0 unspecified atom stereocenters. The van der Waals surface area contributed by atoms with Gasteiger partial charge in [-0.1, -0.05) is 6.07 Å². The summed E-state index contributed by atoms with van der Waals surface area (Å²) in [5, 5.41) is 0.827. The molecule has 2 aromatic carbocycles. The highest BCUT2D eigenvalue weighted by Gasteiger charge is 2.65. The van der Waals surface area contributed by atoms with E-state index in [0.29, 0.717) is 5.75 Å². The van der Waals surface area contributed by atoms with Gasteiger partial charge < -0.3 is 23.7 Å². The highest BCUT2D eigenvalue weighted by Crippen LogP contribution is 2.39. The maximum absolute atomic E-state index is 13.3. The molecule has 0 aliphatic heterocycles. The molecule has 0 amide bonds. The maximum Gasteiger partial charge on any atom is 0.465 e. The van der Waals surface area contributed by atoms with Crippen LogP contribution in [0.4, 0.5) is 22.0 Å². The van der Waals surface area contributed by atoms with Gasteiger partial charge in [0.1, 0.15) is 17.2 Å². The average Bonchev–Trinajstić information content (AvgIpc) is 2.81. The molecule has 0 aromatic heterocycles. The fraction of sp³-hybridized carbons (Fsp3) is 0.318. The Bertz CT molecular complexity index is 1210. The van der Waals surface area contributed by atoms with Crippen LogP contribution in [0.1, 0.15) is 11.1 Å². The predicted octanol–water partition coefficient (Wildman–Crippen LogP) is 4.41. The number of halogens is 5. The molecule has 0 spiro atoms. The third-order valence-electron chi connectivity index (χ3n) is 4.61. The molecule has 0 radical (unpaired) electrons. The van der Waals surface area contributed by atoms with Gasteiger partial charge in [0.15, 0.2) is 21.3 Å². The lowest BCUT2D eigenvalue weighted by Crippen LogP contribution is -2.46. The summed E-state index contributed by atoms with van der Waals surface area (Å²) in [6, 6.07) is 6.06. The van der Waals surface area contributed by atoms with Crippen molar-refractivity contribution in [1.82, 2.24) is 0 Å². The molecule has 0 aliphatic carbocycles. The van der Waals surface area contributed by atoms with E-state index in [4.69, 9.17) is 18.9 Å². The molecule has 198 valence electrons. The number of methoxy groups -OCH3 is 4. The van der Waals surface area contributed by atoms with E-state index in [1.165, 1.54) is 45.6 Å². The van der Waals surface area contributed by atoms with Crippen molar-refractivity contribution >= 4 is 21.9 Å². The van der Waals surface area contributed by atoms with Gasteiger partial charge in [-0.3, -0.25) is 0 Å². The van der Waals surface area contributed by atoms with Crippen LogP contribution in [0, 0.1) is 0 Å². The molecule has 0 fully saturated rings. The summed E-state index contributed by atoms with van der Waals surface area (Å²) in [4.78, 5) is 11.5. The molecule has 0 heterocycles. The topological polar surface area (TPSA) is 97.4 Å². The van der Waals surface area contributed by atoms with Crippen LogP contribution >= 0.6 is 0 Å². The third-order valence-corrected chi connectivity index (χ3v) is 5.89. The van der Waals surface area contributed by atoms with Crippen molar-refractivity contribution in [3.05, 3.63) is 46.9 Å². The van der Waals surface area contributed by atoms with Crippen LogP contribution in [-0.4, -0.2) is 54.9 Å². The number of alkyl halides is 5. The number of hydrogen-bond acceptors (Lipinski definition) is 8. The Morgan fingerprint density at radius 1 is 0.833 bits per heavy atom. The number of sulfone groups is 1. The summed E-state index contributed by atoms with van der Waals surface area (Å²) < 4.78 is 114. The summed E-state index contributed by atoms with van der Waals surface area (Å²) in [6.45, 7) is 0. The first-order chi connectivity index (χ1) is 16.7. The Morgan fingerprint density at radius 3 is 1.86 bits per heavy atom. The normalized spacial score (nSPS) is 12.4. The lowest BCUT2D eigenvalue weighted by atomic mass is 10.1. The molecule has 2 rings (SSSR count). The second kappa shape index (κ2) is 11.0. The van der Waals surface area contributed by atoms with Gasteiger partial charge in [0.05, 0.1) is 39.8 Å². The zero-order chi connectivity index (χ0) is 27.3. The largest absolute Gasteiger partial charge is 0.496 e. The van der Waals surface area contributed by atoms with Crippen molar-refractivity contribution in [2.75, 3.05) is 28.4 Å². The van der Waals surface area contributed by atoms with E-state index < -0.39 is 39.4 Å². The first kappa shape index (κ1) is 28.7. The van der Waals surface area contributed by atoms with E-state index in [0.717, 1.165) is 24.7 Å². The van der Waals surface area contributed by atoms with Crippen LogP contribution < -0.4 is 23.7 Å². The van der Waals surface area contributed by atoms with Crippen molar-refractivity contribution < 1.29 is 58.8 Å². The standard InChI is InChI=1S/C22H21F5O8S/c1-31-14-10-17(33-3)15(18(11-14)34-4)7-8-36(29,30)12-13-5-6-16(32-2)19(9-13)35-20(28)21(23,24)22(25,26)27/h5-11H,12H2,1-4H3. The van der Waals surface area contributed by atoms with E-state index >= 15 is 0 Å². The molecule has 0 bridgehead atoms. The number of esters is 1. The molecule has 2 aromatic rings. The molecule has 0 saturated heterocycles. The molecule has 0 saturated carbocycles. The second-order valence-corrected chi connectivity index (χ2v) is 8.89. The number of rotatable bonds is 10. The van der Waals surface area contributed by atoms with Crippen LogP contribution in [-0.2, 0) is 20.4 Å². The van der Waals surface area contributed by atoms with E-state index in [1.807, 2.05) is 0 Å². The zero-order valence-electron chi connectivity index (χ0n) is 19.3. The number of benzene rings is 2. The lowest BCUT2D eigenvalue weighted by molar-refractivity contribution is -0.276. The van der Waals surface area contributed by atoms with Crippen LogP contribution in [0.15, 0.2) is 35.7 Å². The van der Waals surface area contributed by atoms with E-state index in [1.54, 1.807) is 0 Å². The van der Waals surface area contributed by atoms with Crippen molar-refractivity contribution in [3.8, 4) is 28.7 Å². The van der Waals surface area contributed by atoms with Crippen LogP contribution in [0.2, 0.25) is 0 Å².